The first-order chi connectivity index (χ1) is 13.7. The smallest absolute Gasteiger partial charge is 0.263 e. The highest BCUT2D eigenvalue weighted by Gasteiger charge is 2.21. The average molecular weight is 471 g/mol. The van der Waals surface area contributed by atoms with E-state index in [1.54, 1.807) is 30.3 Å². The molecule has 2 N–H and O–H groups in total. The highest BCUT2D eigenvalue weighted by Crippen LogP contribution is 2.40. The Kier molecular flexibility index (Phi) is 6.33. The number of ether oxygens (including phenoxy) is 1. The summed E-state index contributed by atoms with van der Waals surface area (Å²) in [5.41, 5.74) is 1.25. The molecule has 0 amide bonds. The van der Waals surface area contributed by atoms with Gasteiger partial charge in [-0.15, -0.1) is 0 Å². The summed E-state index contributed by atoms with van der Waals surface area (Å²) in [7, 11) is -4.11. The first-order valence-corrected chi connectivity index (χ1v) is 10.7. The van der Waals surface area contributed by atoms with Crippen LogP contribution in [-0.2, 0) is 10.0 Å². The van der Waals surface area contributed by atoms with Crippen LogP contribution < -0.4 is 9.46 Å². The number of amidine groups is 1. The third-order valence-electron chi connectivity index (χ3n) is 3.77. The molecule has 29 heavy (non-hydrogen) atoms. The Balaban J connectivity index is 1.89. The van der Waals surface area contributed by atoms with E-state index in [0.29, 0.717) is 16.3 Å². The molecule has 150 valence electrons. The van der Waals surface area contributed by atoms with E-state index in [-0.39, 0.29) is 26.5 Å². The standard InChI is InChI=1S/C19H14Cl3N3O3S/c1-11-4-5-17(14(20)7-11)28-18-15(21)8-13(9-16(18)22)29(26,27)25-19(23)12-3-2-6-24-10-12/h2-10H,1H3,(H2,23,25). The van der Waals surface area contributed by atoms with Crippen molar-refractivity contribution in [2.45, 2.75) is 11.8 Å². The van der Waals surface area contributed by atoms with Gasteiger partial charge in [-0.25, -0.2) is 8.42 Å². The Bertz CT molecular complexity index is 1160. The average Bonchev–Trinajstić information content (AvgIpc) is 2.66. The second kappa shape index (κ2) is 8.59. The Morgan fingerprint density at radius 1 is 1.07 bits per heavy atom. The number of pyridine rings is 1. The molecule has 0 fully saturated rings. The van der Waals surface area contributed by atoms with E-state index in [0.717, 1.165) is 5.56 Å². The fourth-order valence-corrected chi connectivity index (χ4v) is 4.37. The van der Waals surface area contributed by atoms with Crippen LogP contribution in [0.3, 0.4) is 0 Å². The van der Waals surface area contributed by atoms with Gasteiger partial charge in [-0.2, -0.15) is 0 Å². The molecule has 0 aliphatic heterocycles. The molecule has 6 nitrogen and oxygen atoms in total. The summed E-state index contributed by atoms with van der Waals surface area (Å²) in [4.78, 5) is 3.64. The van der Waals surface area contributed by atoms with E-state index in [1.165, 1.54) is 24.5 Å². The third kappa shape index (κ3) is 5.00. The SMILES string of the molecule is Cc1ccc(Oc2c(Cl)cc(S(=O)(=O)NC(=N)c3cccnc3)cc2Cl)c(Cl)c1. The van der Waals surface area contributed by atoms with E-state index in [1.807, 2.05) is 6.92 Å². The van der Waals surface area contributed by atoms with Crippen molar-refractivity contribution in [3.05, 3.63) is 81.1 Å². The van der Waals surface area contributed by atoms with Crippen LogP contribution in [0.15, 0.2) is 59.8 Å². The van der Waals surface area contributed by atoms with Gasteiger partial charge in [-0.3, -0.25) is 15.1 Å². The fourth-order valence-electron chi connectivity index (χ4n) is 2.35. The summed E-state index contributed by atoms with van der Waals surface area (Å²) in [6.45, 7) is 1.88. The monoisotopic (exact) mass is 469 g/mol. The van der Waals surface area contributed by atoms with E-state index < -0.39 is 10.0 Å². The lowest BCUT2D eigenvalue weighted by atomic mass is 10.2. The van der Waals surface area contributed by atoms with Gasteiger partial charge < -0.3 is 4.74 Å². The molecule has 1 heterocycles. The number of rotatable bonds is 5. The molecule has 10 heteroatoms. The van der Waals surface area contributed by atoms with Crippen LogP contribution in [0.25, 0.3) is 0 Å². The molecule has 0 aliphatic rings. The van der Waals surface area contributed by atoms with Crippen LogP contribution in [0.4, 0.5) is 0 Å². The van der Waals surface area contributed by atoms with Crippen molar-refractivity contribution < 1.29 is 13.2 Å². The van der Waals surface area contributed by atoms with Gasteiger partial charge in [0.2, 0.25) is 0 Å². The first kappa shape index (κ1) is 21.4. The van der Waals surface area contributed by atoms with E-state index in [4.69, 9.17) is 44.9 Å². The molecular formula is C19H14Cl3N3O3S. The van der Waals surface area contributed by atoms with Crippen molar-refractivity contribution in [3.8, 4) is 11.5 Å². The Labute approximate surface area is 183 Å². The molecule has 0 unspecified atom stereocenters. The Morgan fingerprint density at radius 2 is 1.76 bits per heavy atom. The lowest BCUT2D eigenvalue weighted by Crippen LogP contribution is -2.30. The number of hydrogen-bond donors (Lipinski definition) is 2. The maximum Gasteiger partial charge on any atom is 0.263 e. The number of nitrogens with zero attached hydrogens (tertiary/aromatic N) is 1. The van der Waals surface area contributed by atoms with Crippen molar-refractivity contribution in [3.63, 3.8) is 0 Å². The number of sulfonamides is 1. The lowest BCUT2D eigenvalue weighted by Gasteiger charge is -2.14. The highest BCUT2D eigenvalue weighted by atomic mass is 35.5. The van der Waals surface area contributed by atoms with E-state index in [9.17, 15) is 8.42 Å². The van der Waals surface area contributed by atoms with Crippen molar-refractivity contribution in [2.24, 2.45) is 0 Å². The van der Waals surface area contributed by atoms with E-state index >= 15 is 0 Å². The maximum absolute atomic E-state index is 12.6. The van der Waals surface area contributed by atoms with Gasteiger partial charge in [0.05, 0.1) is 20.0 Å². The number of halogens is 3. The number of nitrogens with one attached hydrogen (secondary N) is 2. The minimum Gasteiger partial charge on any atom is -0.453 e. The number of benzene rings is 2. The second-order valence-electron chi connectivity index (χ2n) is 5.97. The zero-order valence-electron chi connectivity index (χ0n) is 14.9. The van der Waals surface area contributed by atoms with Gasteiger partial charge in [0.15, 0.2) is 5.75 Å². The number of aromatic nitrogens is 1. The Hall–Kier alpha value is -2.32. The molecule has 0 spiro atoms. The zero-order chi connectivity index (χ0) is 21.2. The predicted molar refractivity (Wildman–Crippen MR) is 114 cm³/mol. The lowest BCUT2D eigenvalue weighted by molar-refractivity contribution is 0.482. The van der Waals surface area contributed by atoms with Gasteiger partial charge in [0, 0.05) is 18.0 Å². The molecule has 0 aliphatic carbocycles. The van der Waals surface area contributed by atoms with Gasteiger partial charge in [0.25, 0.3) is 10.0 Å². The topological polar surface area (TPSA) is 92.1 Å². The summed E-state index contributed by atoms with van der Waals surface area (Å²) in [5.74, 6) is 0.0608. The summed E-state index contributed by atoms with van der Waals surface area (Å²) >= 11 is 18.6. The maximum atomic E-state index is 12.6. The zero-order valence-corrected chi connectivity index (χ0v) is 18.0. The predicted octanol–water partition coefficient (Wildman–Crippen LogP) is 5.45. The minimum absolute atomic E-state index is 0.0255. The summed E-state index contributed by atoms with van der Waals surface area (Å²) in [6, 6.07) is 10.7. The van der Waals surface area contributed by atoms with Gasteiger partial charge in [0.1, 0.15) is 11.6 Å². The van der Waals surface area contributed by atoms with Crippen LogP contribution in [-0.4, -0.2) is 19.2 Å². The van der Waals surface area contributed by atoms with Crippen molar-refractivity contribution >= 4 is 50.7 Å². The highest BCUT2D eigenvalue weighted by molar-refractivity contribution is 7.90. The second-order valence-corrected chi connectivity index (χ2v) is 8.88. The molecule has 3 aromatic rings. The van der Waals surface area contributed by atoms with Gasteiger partial charge in [-0.05, 0) is 48.9 Å². The fraction of sp³-hybridized carbons (Fsp3) is 0.0526. The summed E-state index contributed by atoms with van der Waals surface area (Å²) in [5, 5.41) is 8.25. The van der Waals surface area contributed by atoms with Crippen LogP contribution in [0, 0.1) is 12.3 Å². The van der Waals surface area contributed by atoms with E-state index in [2.05, 4.69) is 9.71 Å². The number of hydrogen-bond acceptors (Lipinski definition) is 5. The van der Waals surface area contributed by atoms with Crippen molar-refractivity contribution in [1.82, 2.24) is 9.71 Å². The van der Waals surface area contributed by atoms with Crippen LogP contribution in [0.5, 0.6) is 11.5 Å². The third-order valence-corrected chi connectivity index (χ3v) is 5.95. The molecule has 1 aromatic heterocycles. The largest absolute Gasteiger partial charge is 0.453 e. The molecule has 0 atom stereocenters. The Morgan fingerprint density at radius 3 is 2.34 bits per heavy atom. The first-order valence-electron chi connectivity index (χ1n) is 8.12. The molecule has 0 bridgehead atoms. The van der Waals surface area contributed by atoms with Crippen LogP contribution in [0.2, 0.25) is 15.1 Å². The van der Waals surface area contributed by atoms with Gasteiger partial charge in [-0.1, -0.05) is 40.9 Å². The number of aryl methyl sites for hydroxylation is 1. The van der Waals surface area contributed by atoms with Crippen LogP contribution >= 0.6 is 34.8 Å². The van der Waals surface area contributed by atoms with Crippen molar-refractivity contribution in [2.75, 3.05) is 0 Å². The normalized spacial score (nSPS) is 11.2. The molecule has 0 saturated carbocycles. The molecule has 3 rings (SSSR count). The molecule has 2 aromatic carbocycles. The van der Waals surface area contributed by atoms with Gasteiger partial charge >= 0.3 is 0 Å². The molecular weight excluding hydrogens is 457 g/mol. The molecule has 0 radical (unpaired) electrons. The minimum atomic E-state index is -4.11. The van der Waals surface area contributed by atoms with Crippen molar-refractivity contribution in [1.29, 1.82) is 5.41 Å². The summed E-state index contributed by atoms with van der Waals surface area (Å²) < 4.78 is 33.1. The van der Waals surface area contributed by atoms with Crippen LogP contribution in [0.1, 0.15) is 11.1 Å². The molecule has 0 saturated heterocycles. The summed E-state index contributed by atoms with van der Waals surface area (Å²) in [6.07, 6.45) is 2.89. The quantitative estimate of drug-likeness (QED) is 0.383.